The molecule has 0 aliphatic carbocycles. The van der Waals surface area contributed by atoms with Crippen LogP contribution in [-0.4, -0.2) is 8.07 Å². The smallest absolute Gasteiger partial charge is 0.201 e. The minimum Gasteiger partial charge on any atom is -0.201 e. The zero-order chi connectivity index (χ0) is 16.7. The second-order valence-electron chi connectivity index (χ2n) is 6.19. The predicted octanol–water partition coefficient (Wildman–Crippen LogP) is 3.34. The van der Waals surface area contributed by atoms with Gasteiger partial charge in [-0.2, -0.15) is 0 Å². The lowest BCUT2D eigenvalue weighted by Gasteiger charge is -2.18. The summed E-state index contributed by atoms with van der Waals surface area (Å²) in [6, 6.07) is 10.3. The molecular formula is C17H24NSi+. The fourth-order valence-corrected chi connectivity index (χ4v) is 3.54. The molecule has 0 amide bonds. The summed E-state index contributed by atoms with van der Waals surface area (Å²) in [4.78, 5) is 0. The molecular weight excluding hydrogens is 246 g/mol. The second-order valence-corrected chi connectivity index (χ2v) is 11.3. The maximum Gasteiger partial charge on any atom is 0.212 e. The van der Waals surface area contributed by atoms with E-state index in [1.165, 1.54) is 10.8 Å². The van der Waals surface area contributed by atoms with E-state index in [-0.39, 0.29) is 0 Å². The number of nitrogens with zero attached hydrogens (tertiary/aromatic N) is 1. The van der Waals surface area contributed by atoms with Gasteiger partial charge in [-0.25, -0.2) is 4.57 Å². The van der Waals surface area contributed by atoms with Crippen molar-refractivity contribution in [3.63, 3.8) is 0 Å². The summed E-state index contributed by atoms with van der Waals surface area (Å²) in [5.74, 6) is 0. The normalized spacial score (nSPS) is 14.7. The highest BCUT2D eigenvalue weighted by molar-refractivity contribution is 6.88. The van der Waals surface area contributed by atoms with Crippen molar-refractivity contribution >= 4 is 13.3 Å². The van der Waals surface area contributed by atoms with E-state index in [1.54, 1.807) is 12.3 Å². The standard InChI is InChI=1S/C17H24NSi/c1-13-7-10-17(18(3)12-13)16-9-8-15(11-14(16)2)19(4,5)6/h7-12H,1-6H3/q+1/i1D3. The van der Waals surface area contributed by atoms with E-state index >= 15 is 0 Å². The molecule has 0 spiro atoms. The molecule has 0 aliphatic rings. The van der Waals surface area contributed by atoms with Crippen LogP contribution < -0.4 is 9.75 Å². The monoisotopic (exact) mass is 273 g/mol. The SMILES string of the molecule is [2H]C([2H])([2H])c1ccc(-c2ccc([Si](C)(C)C)cc2C)[n+](C)c1. The average Bonchev–Trinajstić information content (AvgIpc) is 2.37. The van der Waals surface area contributed by atoms with Crippen molar-refractivity contribution in [2.75, 3.05) is 0 Å². The minimum absolute atomic E-state index is 0.370. The molecule has 0 saturated carbocycles. The number of aromatic nitrogens is 1. The number of aryl methyl sites for hydroxylation is 3. The van der Waals surface area contributed by atoms with Gasteiger partial charge in [-0.05, 0) is 31.5 Å². The first-order chi connectivity index (χ1) is 10.00. The summed E-state index contributed by atoms with van der Waals surface area (Å²) in [6.45, 7) is 7.08. The van der Waals surface area contributed by atoms with Gasteiger partial charge in [0.15, 0.2) is 6.20 Å². The molecule has 100 valence electrons. The van der Waals surface area contributed by atoms with Crippen LogP contribution >= 0.6 is 0 Å². The van der Waals surface area contributed by atoms with Gasteiger partial charge >= 0.3 is 0 Å². The van der Waals surface area contributed by atoms with Crippen LogP contribution in [0.3, 0.4) is 0 Å². The topological polar surface area (TPSA) is 3.88 Å². The van der Waals surface area contributed by atoms with E-state index in [2.05, 4.69) is 44.8 Å². The molecule has 2 aromatic rings. The van der Waals surface area contributed by atoms with Crippen LogP contribution in [0.2, 0.25) is 19.6 Å². The second kappa shape index (κ2) is 4.93. The molecule has 1 nitrogen and oxygen atoms in total. The van der Waals surface area contributed by atoms with E-state index in [0.717, 1.165) is 11.3 Å². The molecule has 0 bridgehead atoms. The Morgan fingerprint density at radius 2 is 1.84 bits per heavy atom. The molecule has 19 heavy (non-hydrogen) atoms. The Bertz CT molecular complexity index is 639. The van der Waals surface area contributed by atoms with Gasteiger partial charge in [-0.1, -0.05) is 37.0 Å². The Morgan fingerprint density at radius 1 is 1.11 bits per heavy atom. The number of hydrogen-bond acceptors (Lipinski definition) is 0. The molecule has 1 heterocycles. The van der Waals surface area contributed by atoms with E-state index < -0.39 is 14.9 Å². The van der Waals surface area contributed by atoms with Crippen molar-refractivity contribution in [2.24, 2.45) is 7.05 Å². The Morgan fingerprint density at radius 3 is 2.37 bits per heavy atom. The third kappa shape index (κ3) is 2.95. The first-order valence-electron chi connectivity index (χ1n) is 8.12. The quantitative estimate of drug-likeness (QED) is 0.584. The molecule has 0 unspecified atom stereocenters. The molecule has 0 aliphatic heterocycles. The Balaban J connectivity index is 2.49. The van der Waals surface area contributed by atoms with Crippen LogP contribution in [0, 0.1) is 13.8 Å². The van der Waals surface area contributed by atoms with Crippen LogP contribution in [0.15, 0.2) is 36.5 Å². The highest BCUT2D eigenvalue weighted by atomic mass is 28.3. The average molecular weight is 273 g/mol. The van der Waals surface area contributed by atoms with Crippen LogP contribution in [0.4, 0.5) is 0 Å². The molecule has 0 fully saturated rings. The van der Waals surface area contributed by atoms with Gasteiger partial charge < -0.3 is 0 Å². The Hall–Kier alpha value is -1.41. The molecule has 1 aromatic carbocycles. The van der Waals surface area contributed by atoms with Gasteiger partial charge in [0, 0.05) is 21.3 Å². The molecule has 2 heteroatoms. The fourth-order valence-electron chi connectivity index (χ4n) is 2.30. The summed E-state index contributed by atoms with van der Waals surface area (Å²) in [5.41, 5.74) is 3.79. The summed E-state index contributed by atoms with van der Waals surface area (Å²) < 4.78 is 24.4. The third-order valence-electron chi connectivity index (χ3n) is 3.50. The van der Waals surface area contributed by atoms with E-state index in [9.17, 15) is 0 Å². The first-order valence-corrected chi connectivity index (χ1v) is 10.1. The number of pyridine rings is 1. The lowest BCUT2D eigenvalue weighted by molar-refractivity contribution is -0.660. The number of benzene rings is 1. The van der Waals surface area contributed by atoms with Crippen LogP contribution in [0.5, 0.6) is 0 Å². The Labute approximate surface area is 122 Å². The van der Waals surface area contributed by atoms with Gasteiger partial charge in [-0.3, -0.25) is 0 Å². The van der Waals surface area contributed by atoms with Gasteiger partial charge in [0.05, 0.1) is 8.07 Å². The summed E-state index contributed by atoms with van der Waals surface area (Å²) in [7, 11) is 0.582. The Kier molecular flexibility index (Phi) is 2.69. The van der Waals surface area contributed by atoms with Crippen molar-refractivity contribution in [3.05, 3.63) is 47.7 Å². The highest BCUT2D eigenvalue weighted by Gasteiger charge is 2.19. The van der Waals surface area contributed by atoms with Crippen LogP contribution in [0.1, 0.15) is 15.2 Å². The minimum atomic E-state index is -2.06. The van der Waals surface area contributed by atoms with E-state index in [1.807, 2.05) is 17.7 Å². The predicted molar refractivity (Wildman–Crippen MR) is 85.5 cm³/mol. The number of rotatable bonds is 2. The van der Waals surface area contributed by atoms with Gasteiger partial charge in [0.2, 0.25) is 5.69 Å². The zero-order valence-corrected chi connectivity index (χ0v) is 13.4. The molecule has 2 rings (SSSR count). The molecule has 0 N–H and O–H groups in total. The zero-order valence-electron chi connectivity index (χ0n) is 15.4. The van der Waals surface area contributed by atoms with E-state index in [4.69, 9.17) is 4.11 Å². The summed E-state index contributed by atoms with van der Waals surface area (Å²) >= 11 is 0. The van der Waals surface area contributed by atoms with Crippen molar-refractivity contribution in [1.82, 2.24) is 0 Å². The van der Waals surface area contributed by atoms with Crippen molar-refractivity contribution in [1.29, 1.82) is 0 Å². The van der Waals surface area contributed by atoms with Crippen molar-refractivity contribution < 1.29 is 8.68 Å². The molecule has 0 saturated heterocycles. The third-order valence-corrected chi connectivity index (χ3v) is 5.54. The van der Waals surface area contributed by atoms with Gasteiger partial charge in [-0.15, -0.1) is 0 Å². The summed E-state index contributed by atoms with van der Waals surface area (Å²) in [6.07, 6.45) is 1.70. The number of hydrogen-bond donors (Lipinski definition) is 0. The van der Waals surface area contributed by atoms with Crippen LogP contribution in [-0.2, 0) is 7.05 Å². The molecule has 0 radical (unpaired) electrons. The maximum atomic E-state index is 7.51. The lowest BCUT2D eigenvalue weighted by atomic mass is 10.0. The first kappa shape index (κ1) is 10.4. The lowest BCUT2D eigenvalue weighted by Crippen LogP contribution is -2.38. The molecule has 0 atom stereocenters. The maximum absolute atomic E-state index is 7.51. The van der Waals surface area contributed by atoms with Crippen molar-refractivity contribution in [3.8, 4) is 11.3 Å². The van der Waals surface area contributed by atoms with Crippen molar-refractivity contribution in [2.45, 2.75) is 33.4 Å². The van der Waals surface area contributed by atoms with Gasteiger partial charge in [0.1, 0.15) is 7.05 Å². The van der Waals surface area contributed by atoms with Crippen LogP contribution in [0.25, 0.3) is 11.3 Å². The van der Waals surface area contributed by atoms with Gasteiger partial charge in [0.25, 0.3) is 0 Å². The largest absolute Gasteiger partial charge is 0.212 e. The molecule has 1 aromatic heterocycles. The van der Waals surface area contributed by atoms with E-state index in [0.29, 0.717) is 5.56 Å². The highest BCUT2D eigenvalue weighted by Crippen LogP contribution is 2.20. The fraction of sp³-hybridized carbons (Fsp3) is 0.353. The summed E-state index contributed by atoms with van der Waals surface area (Å²) in [5, 5.41) is 1.44.